The van der Waals surface area contributed by atoms with Crippen LogP contribution in [0, 0.1) is 6.92 Å². The molecule has 0 saturated carbocycles. The lowest BCUT2D eigenvalue weighted by Crippen LogP contribution is -2.41. The van der Waals surface area contributed by atoms with Crippen LogP contribution in [-0.4, -0.2) is 20.9 Å². The molecule has 172 valence electrons. The van der Waals surface area contributed by atoms with Gasteiger partial charge < -0.3 is 5.32 Å². The van der Waals surface area contributed by atoms with E-state index in [4.69, 9.17) is 0 Å². The molecule has 3 aromatic rings. The molecule has 0 bridgehead atoms. The lowest BCUT2D eigenvalue weighted by molar-refractivity contribution is -0.120. The van der Waals surface area contributed by atoms with Crippen LogP contribution in [0.1, 0.15) is 48.1 Å². The Morgan fingerprint density at radius 2 is 1.61 bits per heavy atom. The van der Waals surface area contributed by atoms with Gasteiger partial charge >= 0.3 is 0 Å². The summed E-state index contributed by atoms with van der Waals surface area (Å²) < 4.78 is 28.1. The van der Waals surface area contributed by atoms with Gasteiger partial charge in [0.1, 0.15) is 6.54 Å². The Labute approximate surface area is 196 Å². The minimum absolute atomic E-state index is 0.160. The molecule has 0 spiro atoms. The van der Waals surface area contributed by atoms with E-state index >= 15 is 0 Å². The maximum Gasteiger partial charge on any atom is 0.264 e. The molecular weight excluding hydrogens is 432 g/mol. The van der Waals surface area contributed by atoms with Crippen LogP contribution in [0.5, 0.6) is 0 Å². The Hall–Kier alpha value is -3.12. The molecule has 1 N–H and O–H groups in total. The summed E-state index contributed by atoms with van der Waals surface area (Å²) in [5.74, 6) is -0.347. The van der Waals surface area contributed by atoms with E-state index in [1.54, 1.807) is 48.5 Å². The standard InChI is InChI=1S/C27H30N2O3S/c1-20-12-16-26(17-13-20)33(31,32)29(25-10-4-3-5-11-25)19-27(30)28-21(2)23-15-14-22-8-6-7-9-24(22)18-23/h3-5,10-18,21H,6-9,19H2,1-2H3,(H,28,30)/t21-/m0/s1. The van der Waals surface area contributed by atoms with E-state index in [2.05, 4.69) is 23.5 Å². The molecule has 5 nitrogen and oxygen atoms in total. The van der Waals surface area contributed by atoms with E-state index in [1.165, 1.54) is 28.3 Å². The number of anilines is 1. The number of carbonyl (C=O) groups is 1. The maximum absolute atomic E-state index is 13.4. The third kappa shape index (κ3) is 5.28. The Morgan fingerprint density at radius 3 is 2.30 bits per heavy atom. The quantitative estimate of drug-likeness (QED) is 0.540. The van der Waals surface area contributed by atoms with Crippen molar-refractivity contribution in [1.82, 2.24) is 5.32 Å². The van der Waals surface area contributed by atoms with Gasteiger partial charge in [-0.2, -0.15) is 0 Å². The predicted octanol–water partition coefficient (Wildman–Crippen LogP) is 4.95. The summed E-state index contributed by atoms with van der Waals surface area (Å²) in [6.45, 7) is 3.54. The van der Waals surface area contributed by atoms with E-state index in [1.807, 2.05) is 19.9 Å². The molecule has 0 aliphatic heterocycles. The first-order valence-corrected chi connectivity index (χ1v) is 12.8. The van der Waals surface area contributed by atoms with E-state index in [9.17, 15) is 13.2 Å². The second-order valence-corrected chi connectivity index (χ2v) is 10.5. The summed E-state index contributed by atoms with van der Waals surface area (Å²) in [7, 11) is -3.91. The number of nitrogens with one attached hydrogen (secondary N) is 1. The summed E-state index contributed by atoms with van der Waals surface area (Å²) in [5, 5.41) is 2.99. The second kappa shape index (κ2) is 9.79. The molecule has 1 aliphatic rings. The van der Waals surface area contributed by atoms with Gasteiger partial charge in [-0.3, -0.25) is 9.10 Å². The minimum Gasteiger partial charge on any atom is -0.348 e. The summed E-state index contributed by atoms with van der Waals surface area (Å²) in [5.41, 5.74) is 5.21. The Balaban J connectivity index is 1.55. The Kier molecular flexibility index (Phi) is 6.84. The van der Waals surface area contributed by atoms with Crippen molar-refractivity contribution in [1.29, 1.82) is 0 Å². The average Bonchev–Trinajstić information content (AvgIpc) is 2.83. The molecule has 6 heteroatoms. The summed E-state index contributed by atoms with van der Waals surface area (Å²) in [6.07, 6.45) is 4.60. The number of rotatable bonds is 7. The first-order chi connectivity index (χ1) is 15.8. The highest BCUT2D eigenvalue weighted by Crippen LogP contribution is 2.26. The topological polar surface area (TPSA) is 66.5 Å². The number of carbonyl (C=O) groups excluding carboxylic acids is 1. The van der Waals surface area contributed by atoms with Gasteiger partial charge in [-0.15, -0.1) is 0 Å². The monoisotopic (exact) mass is 462 g/mol. The molecule has 33 heavy (non-hydrogen) atoms. The van der Waals surface area contributed by atoms with Gasteiger partial charge in [-0.1, -0.05) is 54.1 Å². The number of fused-ring (bicyclic) bond motifs is 1. The van der Waals surface area contributed by atoms with Crippen molar-refractivity contribution in [3.8, 4) is 0 Å². The highest BCUT2D eigenvalue weighted by molar-refractivity contribution is 7.92. The number of amides is 1. The third-order valence-electron chi connectivity index (χ3n) is 6.19. The fourth-order valence-electron chi connectivity index (χ4n) is 4.27. The molecule has 0 saturated heterocycles. The molecule has 4 rings (SSSR count). The summed E-state index contributed by atoms with van der Waals surface area (Å²) in [6, 6.07) is 21.6. The van der Waals surface area contributed by atoms with E-state index in [0.717, 1.165) is 24.0 Å². The van der Waals surface area contributed by atoms with Gasteiger partial charge in [0.15, 0.2) is 0 Å². The predicted molar refractivity (Wildman–Crippen MR) is 132 cm³/mol. The van der Waals surface area contributed by atoms with Crippen LogP contribution in [-0.2, 0) is 27.7 Å². The molecule has 1 amide bonds. The Morgan fingerprint density at radius 1 is 0.939 bits per heavy atom. The van der Waals surface area contributed by atoms with E-state index < -0.39 is 10.0 Å². The van der Waals surface area contributed by atoms with Crippen molar-refractivity contribution in [2.75, 3.05) is 10.8 Å². The second-order valence-electron chi connectivity index (χ2n) is 8.68. The van der Waals surface area contributed by atoms with Crippen molar-refractivity contribution in [2.45, 2.75) is 50.5 Å². The lowest BCUT2D eigenvalue weighted by atomic mass is 9.89. The number of sulfonamides is 1. The zero-order chi connectivity index (χ0) is 23.4. The van der Waals surface area contributed by atoms with Crippen molar-refractivity contribution in [2.24, 2.45) is 0 Å². The number of hydrogen-bond acceptors (Lipinski definition) is 3. The fourth-order valence-corrected chi connectivity index (χ4v) is 5.69. The van der Waals surface area contributed by atoms with Crippen LogP contribution in [0.2, 0.25) is 0 Å². The first-order valence-electron chi connectivity index (χ1n) is 11.4. The zero-order valence-electron chi connectivity index (χ0n) is 19.1. The van der Waals surface area contributed by atoms with Crippen LogP contribution >= 0.6 is 0 Å². The van der Waals surface area contributed by atoms with Gasteiger partial charge in [0.25, 0.3) is 10.0 Å². The molecule has 0 heterocycles. The van der Waals surface area contributed by atoms with Crippen molar-refractivity contribution in [3.63, 3.8) is 0 Å². The van der Waals surface area contributed by atoms with Gasteiger partial charge in [0.05, 0.1) is 16.6 Å². The summed E-state index contributed by atoms with van der Waals surface area (Å²) >= 11 is 0. The molecule has 0 fully saturated rings. The van der Waals surface area contributed by atoms with Gasteiger partial charge in [-0.05, 0) is 80.5 Å². The van der Waals surface area contributed by atoms with Crippen molar-refractivity contribution in [3.05, 3.63) is 95.1 Å². The summed E-state index contributed by atoms with van der Waals surface area (Å²) in [4.78, 5) is 13.2. The van der Waals surface area contributed by atoms with Crippen molar-refractivity contribution < 1.29 is 13.2 Å². The molecule has 1 aliphatic carbocycles. The molecule has 1 atom stereocenters. The van der Waals surface area contributed by atoms with E-state index in [0.29, 0.717) is 5.69 Å². The van der Waals surface area contributed by atoms with Crippen LogP contribution in [0.25, 0.3) is 0 Å². The normalized spacial score (nSPS) is 14.2. The highest BCUT2D eigenvalue weighted by Gasteiger charge is 2.27. The number of para-hydroxylation sites is 1. The number of hydrogen-bond donors (Lipinski definition) is 1. The highest BCUT2D eigenvalue weighted by atomic mass is 32.2. The Bertz CT molecular complexity index is 1220. The number of nitrogens with zero attached hydrogens (tertiary/aromatic N) is 1. The minimum atomic E-state index is -3.91. The van der Waals surface area contributed by atoms with Crippen LogP contribution < -0.4 is 9.62 Å². The third-order valence-corrected chi connectivity index (χ3v) is 7.98. The van der Waals surface area contributed by atoms with Gasteiger partial charge in [0, 0.05) is 0 Å². The van der Waals surface area contributed by atoms with E-state index in [-0.39, 0.29) is 23.4 Å². The SMILES string of the molecule is Cc1ccc(S(=O)(=O)N(CC(=O)N[C@@H](C)c2ccc3c(c2)CCCC3)c2ccccc2)cc1. The molecule has 0 radical (unpaired) electrons. The van der Waals surface area contributed by atoms with Crippen molar-refractivity contribution >= 4 is 21.6 Å². The van der Waals surface area contributed by atoms with Crippen LogP contribution in [0.15, 0.2) is 77.7 Å². The molecule has 0 aromatic heterocycles. The smallest absolute Gasteiger partial charge is 0.264 e. The number of aryl methyl sites for hydroxylation is 3. The first kappa shape index (κ1) is 23.1. The van der Waals surface area contributed by atoms with Gasteiger partial charge in [-0.25, -0.2) is 8.42 Å². The lowest BCUT2D eigenvalue weighted by Gasteiger charge is -2.25. The molecular formula is C27H30N2O3S. The van der Waals surface area contributed by atoms with Crippen LogP contribution in [0.3, 0.4) is 0 Å². The largest absolute Gasteiger partial charge is 0.348 e. The average molecular weight is 463 g/mol. The maximum atomic E-state index is 13.4. The zero-order valence-corrected chi connectivity index (χ0v) is 19.9. The fraction of sp³-hybridized carbons (Fsp3) is 0.296. The number of benzene rings is 3. The molecule has 3 aromatic carbocycles. The molecule has 0 unspecified atom stereocenters. The van der Waals surface area contributed by atoms with Crippen LogP contribution in [0.4, 0.5) is 5.69 Å². The van der Waals surface area contributed by atoms with Gasteiger partial charge in [0.2, 0.25) is 5.91 Å².